The number of ether oxygens (including phenoxy) is 2. The van der Waals surface area contributed by atoms with Gasteiger partial charge in [-0.25, -0.2) is 22.0 Å². The Bertz CT molecular complexity index is 1470. The largest absolute Gasteiger partial charge is 0.465 e. The molecule has 1 heterocycles. The van der Waals surface area contributed by atoms with Crippen LogP contribution in [0.4, 0.5) is 4.79 Å². The minimum absolute atomic E-state index is 0.00622. The topological polar surface area (TPSA) is 138 Å². The second kappa shape index (κ2) is 10.8. The molecule has 0 saturated heterocycles. The van der Waals surface area contributed by atoms with Crippen molar-refractivity contribution in [2.75, 3.05) is 27.2 Å². The van der Waals surface area contributed by atoms with Gasteiger partial charge in [-0.2, -0.15) is 0 Å². The van der Waals surface area contributed by atoms with E-state index in [0.29, 0.717) is 0 Å². The maximum absolute atomic E-state index is 13.7. The number of aryl methyl sites for hydroxylation is 1. The minimum Gasteiger partial charge on any atom is -0.465 e. The normalized spacial score (nSPS) is 12.7. The number of amides is 1. The zero-order valence-corrected chi connectivity index (χ0v) is 22.9. The standard InChI is InChI=1S/C26H31N3O8S/c1-17-10-12-19(13-11-17)38(34,35)28-16-21(23-20(24(30)36-6)8-7-9-22(23)28)18(15-29(32)33)14-27(5)25(31)37-26(2,3)4/h7-13,16,18H,14-15H2,1-6H3. The molecule has 1 unspecified atom stereocenters. The number of carbonyl (C=O) groups excluding carboxylic acids is 2. The van der Waals surface area contributed by atoms with E-state index in [9.17, 15) is 28.1 Å². The number of hydrogen-bond donors (Lipinski definition) is 0. The van der Waals surface area contributed by atoms with Gasteiger partial charge in [0.1, 0.15) is 5.60 Å². The Hall–Kier alpha value is -3.93. The highest BCUT2D eigenvalue weighted by Crippen LogP contribution is 2.34. The number of fused-ring (bicyclic) bond motifs is 1. The Balaban J connectivity index is 2.25. The molecule has 0 spiro atoms. The lowest BCUT2D eigenvalue weighted by molar-refractivity contribution is -0.483. The number of esters is 1. The average Bonchev–Trinajstić information content (AvgIpc) is 3.22. The summed E-state index contributed by atoms with van der Waals surface area (Å²) in [5, 5.41) is 11.9. The number of rotatable bonds is 8. The van der Waals surface area contributed by atoms with E-state index in [4.69, 9.17) is 9.47 Å². The molecule has 1 atom stereocenters. The fraction of sp³-hybridized carbons (Fsp3) is 0.385. The third-order valence-corrected chi connectivity index (χ3v) is 7.50. The highest BCUT2D eigenvalue weighted by Gasteiger charge is 2.32. The van der Waals surface area contributed by atoms with E-state index in [-0.39, 0.29) is 33.5 Å². The van der Waals surface area contributed by atoms with E-state index in [0.717, 1.165) is 9.54 Å². The summed E-state index contributed by atoms with van der Waals surface area (Å²) < 4.78 is 38.7. The lowest BCUT2D eigenvalue weighted by atomic mass is 9.95. The van der Waals surface area contributed by atoms with Gasteiger partial charge in [-0.05, 0) is 57.5 Å². The molecule has 0 aliphatic rings. The van der Waals surface area contributed by atoms with Crippen molar-refractivity contribution in [1.29, 1.82) is 0 Å². The van der Waals surface area contributed by atoms with Gasteiger partial charge < -0.3 is 14.4 Å². The zero-order valence-electron chi connectivity index (χ0n) is 22.1. The van der Waals surface area contributed by atoms with Crippen molar-refractivity contribution < 1.29 is 32.4 Å². The summed E-state index contributed by atoms with van der Waals surface area (Å²) in [6, 6.07) is 10.7. The number of carbonyl (C=O) groups is 2. The zero-order chi connectivity index (χ0) is 28.4. The molecule has 0 aliphatic carbocycles. The molecule has 1 aromatic heterocycles. The number of hydrogen-bond acceptors (Lipinski definition) is 8. The van der Waals surface area contributed by atoms with E-state index >= 15 is 0 Å². The van der Waals surface area contributed by atoms with E-state index in [1.807, 2.05) is 6.92 Å². The number of nitrogens with zero attached hydrogens (tertiary/aromatic N) is 3. The Morgan fingerprint density at radius 2 is 1.76 bits per heavy atom. The van der Waals surface area contributed by atoms with Crippen LogP contribution in [0.5, 0.6) is 0 Å². The maximum Gasteiger partial charge on any atom is 0.410 e. The van der Waals surface area contributed by atoms with Gasteiger partial charge in [0.15, 0.2) is 0 Å². The second-order valence-corrected chi connectivity index (χ2v) is 11.8. The number of aromatic nitrogens is 1. The first-order chi connectivity index (χ1) is 17.7. The third kappa shape index (κ3) is 6.13. The summed E-state index contributed by atoms with van der Waals surface area (Å²) in [6.45, 7) is 6.10. The molecule has 0 aliphatic heterocycles. The fourth-order valence-electron chi connectivity index (χ4n) is 4.08. The van der Waals surface area contributed by atoms with E-state index in [1.165, 1.54) is 55.6 Å². The van der Waals surface area contributed by atoms with Crippen LogP contribution in [0, 0.1) is 17.0 Å². The highest BCUT2D eigenvalue weighted by molar-refractivity contribution is 7.90. The third-order valence-electron chi connectivity index (χ3n) is 5.82. The Labute approximate surface area is 221 Å². The van der Waals surface area contributed by atoms with Crippen LogP contribution in [-0.2, 0) is 19.5 Å². The van der Waals surface area contributed by atoms with Crippen LogP contribution in [0.1, 0.15) is 48.2 Å². The predicted molar refractivity (Wildman–Crippen MR) is 141 cm³/mol. The van der Waals surface area contributed by atoms with Crippen LogP contribution in [0.25, 0.3) is 10.9 Å². The summed E-state index contributed by atoms with van der Waals surface area (Å²) in [6.07, 6.45) is 0.582. The van der Waals surface area contributed by atoms with Crippen LogP contribution in [-0.4, -0.2) is 67.1 Å². The average molecular weight is 546 g/mol. The molecule has 2 aromatic carbocycles. The van der Waals surface area contributed by atoms with Crippen molar-refractivity contribution in [1.82, 2.24) is 8.87 Å². The van der Waals surface area contributed by atoms with E-state index in [1.54, 1.807) is 32.9 Å². The Morgan fingerprint density at radius 1 is 1.13 bits per heavy atom. The molecular formula is C26H31N3O8S. The number of methoxy groups -OCH3 is 1. The summed E-state index contributed by atoms with van der Waals surface area (Å²) in [5.41, 5.74) is 0.484. The highest BCUT2D eigenvalue weighted by atomic mass is 32.2. The summed E-state index contributed by atoms with van der Waals surface area (Å²) in [5.74, 6) is -1.71. The van der Waals surface area contributed by atoms with Crippen molar-refractivity contribution in [2.45, 2.75) is 44.1 Å². The van der Waals surface area contributed by atoms with Crippen molar-refractivity contribution in [3.05, 3.63) is 75.5 Å². The molecule has 11 nitrogen and oxygen atoms in total. The van der Waals surface area contributed by atoms with Gasteiger partial charge in [0, 0.05) is 30.1 Å². The van der Waals surface area contributed by atoms with Crippen LogP contribution in [0.3, 0.4) is 0 Å². The molecule has 204 valence electrons. The smallest absolute Gasteiger partial charge is 0.410 e. The minimum atomic E-state index is -4.15. The molecule has 3 rings (SSSR count). The molecule has 0 saturated carbocycles. The van der Waals surface area contributed by atoms with E-state index < -0.39 is 45.1 Å². The van der Waals surface area contributed by atoms with E-state index in [2.05, 4.69) is 0 Å². The summed E-state index contributed by atoms with van der Waals surface area (Å²) in [4.78, 5) is 37.6. The molecule has 1 amide bonds. The van der Waals surface area contributed by atoms with Gasteiger partial charge in [-0.3, -0.25) is 10.1 Å². The van der Waals surface area contributed by atoms with Crippen molar-refractivity contribution >= 4 is 33.0 Å². The molecule has 0 N–H and O–H groups in total. The Morgan fingerprint density at radius 3 is 2.32 bits per heavy atom. The lowest BCUT2D eigenvalue weighted by Crippen LogP contribution is -2.37. The van der Waals surface area contributed by atoms with Crippen molar-refractivity contribution in [3.63, 3.8) is 0 Å². The molecule has 0 radical (unpaired) electrons. The molecule has 0 bridgehead atoms. The Kier molecular flexibility index (Phi) is 8.15. The fourth-order valence-corrected chi connectivity index (χ4v) is 5.45. The molecule has 12 heteroatoms. The van der Waals surface area contributed by atoms with Gasteiger partial charge in [0.2, 0.25) is 6.54 Å². The maximum atomic E-state index is 13.7. The number of nitro groups is 1. The first kappa shape index (κ1) is 28.6. The monoisotopic (exact) mass is 545 g/mol. The van der Waals surface area contributed by atoms with Crippen molar-refractivity contribution in [3.8, 4) is 0 Å². The molecule has 0 fully saturated rings. The first-order valence-corrected chi connectivity index (χ1v) is 13.2. The summed E-state index contributed by atoms with van der Waals surface area (Å²) in [7, 11) is -1.53. The van der Waals surface area contributed by atoms with Gasteiger partial charge in [-0.15, -0.1) is 0 Å². The quantitative estimate of drug-likeness (QED) is 0.233. The van der Waals surface area contributed by atoms with Gasteiger partial charge in [0.25, 0.3) is 10.0 Å². The predicted octanol–water partition coefficient (Wildman–Crippen LogP) is 4.20. The molecule has 38 heavy (non-hydrogen) atoms. The molecular weight excluding hydrogens is 514 g/mol. The summed E-state index contributed by atoms with van der Waals surface area (Å²) >= 11 is 0. The number of benzene rings is 2. The second-order valence-electron chi connectivity index (χ2n) is 9.96. The SMILES string of the molecule is COC(=O)c1cccc2c1c(C(CN(C)C(=O)OC(C)(C)C)C[N+](=O)[O-])cn2S(=O)(=O)c1ccc(C)cc1. The molecule has 3 aromatic rings. The van der Waals surface area contributed by atoms with Gasteiger partial charge >= 0.3 is 12.1 Å². The first-order valence-electron chi connectivity index (χ1n) is 11.8. The van der Waals surface area contributed by atoms with Crippen molar-refractivity contribution in [2.24, 2.45) is 0 Å². The van der Waals surface area contributed by atoms with Crippen LogP contribution in [0.15, 0.2) is 53.6 Å². The van der Waals surface area contributed by atoms with Crippen LogP contribution in [0.2, 0.25) is 0 Å². The lowest BCUT2D eigenvalue weighted by Gasteiger charge is -2.26. The van der Waals surface area contributed by atoms with Gasteiger partial charge in [-0.1, -0.05) is 23.8 Å². The van der Waals surface area contributed by atoms with Gasteiger partial charge in [0.05, 0.1) is 29.0 Å². The van der Waals surface area contributed by atoms with Crippen LogP contribution < -0.4 is 0 Å². The number of likely N-dealkylation sites (N-methyl/N-ethyl adjacent to an activating group) is 1. The van der Waals surface area contributed by atoms with Crippen LogP contribution >= 0.6 is 0 Å².